The van der Waals surface area contributed by atoms with Crippen molar-refractivity contribution < 1.29 is 9.53 Å². The highest BCUT2D eigenvalue weighted by Gasteiger charge is 2.40. The number of hydrogen-bond acceptors (Lipinski definition) is 2. The quantitative estimate of drug-likeness (QED) is 0.546. The lowest BCUT2D eigenvalue weighted by Crippen LogP contribution is -2.36. The summed E-state index contributed by atoms with van der Waals surface area (Å²) >= 11 is 0. The molecule has 2 aliphatic carbocycles. The maximum atomic E-state index is 11.3. The van der Waals surface area contributed by atoms with Crippen LogP contribution in [0.3, 0.4) is 0 Å². The molecule has 2 atom stereocenters. The van der Waals surface area contributed by atoms with Gasteiger partial charge >= 0.3 is 0 Å². The molecule has 0 bridgehead atoms. The van der Waals surface area contributed by atoms with Crippen LogP contribution in [0.2, 0.25) is 0 Å². The summed E-state index contributed by atoms with van der Waals surface area (Å²) in [6.45, 7) is 0.738. The lowest BCUT2D eigenvalue weighted by Gasteiger charge is -2.36. The van der Waals surface area contributed by atoms with Crippen LogP contribution in [-0.2, 0) is 9.53 Å². The van der Waals surface area contributed by atoms with E-state index in [1.165, 1.54) is 5.57 Å². The minimum absolute atomic E-state index is 0.0487. The molecule has 1 aliphatic heterocycles. The highest BCUT2D eigenvalue weighted by atomic mass is 16.5. The van der Waals surface area contributed by atoms with Gasteiger partial charge in [-0.05, 0) is 18.9 Å². The zero-order valence-electron chi connectivity index (χ0n) is 8.16. The molecule has 1 spiro atoms. The fraction of sp³-hybridized carbons (Fsp3) is 0.583. The molecule has 0 radical (unpaired) electrons. The number of ketones is 1. The molecule has 0 saturated carbocycles. The molecule has 0 N–H and O–H groups in total. The van der Waals surface area contributed by atoms with E-state index in [0.29, 0.717) is 12.3 Å². The highest BCUT2D eigenvalue weighted by molar-refractivity contribution is 5.93. The molecule has 1 unspecified atom stereocenters. The van der Waals surface area contributed by atoms with Crippen LogP contribution in [0.5, 0.6) is 0 Å². The molecular weight excluding hydrogens is 176 g/mol. The average Bonchev–Trinajstić information content (AvgIpc) is 2.72. The Morgan fingerprint density at radius 2 is 2.43 bits per heavy atom. The lowest BCUT2D eigenvalue weighted by molar-refractivity contribution is -0.115. The smallest absolute Gasteiger partial charge is 0.156 e. The predicted octanol–water partition coefficient (Wildman–Crippen LogP) is 2.01. The van der Waals surface area contributed by atoms with Crippen LogP contribution < -0.4 is 0 Å². The van der Waals surface area contributed by atoms with Gasteiger partial charge in [0, 0.05) is 18.8 Å². The van der Waals surface area contributed by atoms with Crippen molar-refractivity contribution in [2.45, 2.75) is 31.3 Å². The van der Waals surface area contributed by atoms with Crippen LogP contribution in [0.4, 0.5) is 0 Å². The van der Waals surface area contributed by atoms with Crippen LogP contribution in [0.15, 0.2) is 23.8 Å². The number of ether oxygens (including phenoxy) is 1. The van der Waals surface area contributed by atoms with Crippen molar-refractivity contribution in [1.82, 2.24) is 0 Å². The van der Waals surface area contributed by atoms with Crippen molar-refractivity contribution in [2.75, 3.05) is 6.61 Å². The fourth-order valence-corrected chi connectivity index (χ4v) is 2.76. The van der Waals surface area contributed by atoms with Crippen LogP contribution in [0.1, 0.15) is 25.7 Å². The second-order valence-electron chi connectivity index (χ2n) is 4.58. The molecule has 1 heterocycles. The Kier molecular flexibility index (Phi) is 1.68. The van der Waals surface area contributed by atoms with Gasteiger partial charge in [0.2, 0.25) is 0 Å². The molecule has 0 aromatic heterocycles. The largest absolute Gasteiger partial charge is 0.370 e. The van der Waals surface area contributed by atoms with E-state index in [1.807, 2.05) is 6.08 Å². The number of carbonyl (C=O) groups is 1. The van der Waals surface area contributed by atoms with Gasteiger partial charge in [-0.2, -0.15) is 0 Å². The lowest BCUT2D eigenvalue weighted by atomic mass is 9.85. The van der Waals surface area contributed by atoms with Gasteiger partial charge in [0.15, 0.2) is 5.78 Å². The summed E-state index contributed by atoms with van der Waals surface area (Å²) in [5.74, 6) is 0.676. The first-order valence-corrected chi connectivity index (χ1v) is 5.32. The summed E-state index contributed by atoms with van der Waals surface area (Å²) in [4.78, 5) is 11.3. The molecule has 3 aliphatic rings. The van der Waals surface area contributed by atoms with Crippen molar-refractivity contribution >= 4 is 5.78 Å². The second-order valence-corrected chi connectivity index (χ2v) is 4.58. The first-order valence-electron chi connectivity index (χ1n) is 5.32. The van der Waals surface area contributed by atoms with Gasteiger partial charge in [-0.3, -0.25) is 4.79 Å². The van der Waals surface area contributed by atoms with Gasteiger partial charge in [-0.15, -0.1) is 0 Å². The molecule has 0 aromatic carbocycles. The number of fused-ring (bicyclic) bond motifs is 1. The molecule has 1 fully saturated rings. The van der Waals surface area contributed by atoms with Crippen LogP contribution in [-0.4, -0.2) is 18.0 Å². The highest BCUT2D eigenvalue weighted by Crippen LogP contribution is 2.42. The minimum atomic E-state index is -0.0487. The molecule has 2 heteroatoms. The standard InChI is InChI=1S/C12H14O2/c13-11-5-9-7-12(3-1-2-4-12)14-8-10(9)6-11/h1,3,5,10H,2,4,6-8H2/t10?,12-/m0/s1. The predicted molar refractivity (Wildman–Crippen MR) is 52.9 cm³/mol. The number of allylic oxidation sites excluding steroid dienone is 2. The number of hydrogen-bond donors (Lipinski definition) is 0. The summed E-state index contributed by atoms with van der Waals surface area (Å²) in [6, 6.07) is 0. The molecule has 14 heavy (non-hydrogen) atoms. The Hall–Kier alpha value is -0.890. The minimum Gasteiger partial charge on any atom is -0.370 e. The van der Waals surface area contributed by atoms with Gasteiger partial charge in [0.1, 0.15) is 0 Å². The third kappa shape index (κ3) is 1.17. The second kappa shape index (κ2) is 2.80. The summed E-state index contributed by atoms with van der Waals surface area (Å²) in [5.41, 5.74) is 1.28. The molecule has 0 aromatic rings. The van der Waals surface area contributed by atoms with Crippen LogP contribution in [0, 0.1) is 5.92 Å². The SMILES string of the molecule is O=C1C=C2C[C@@]3(C=CCC3)OCC2C1. The Balaban J connectivity index is 1.86. The zero-order valence-corrected chi connectivity index (χ0v) is 8.16. The van der Waals surface area contributed by atoms with E-state index in [-0.39, 0.29) is 11.4 Å². The van der Waals surface area contributed by atoms with Gasteiger partial charge in [-0.1, -0.05) is 17.7 Å². The van der Waals surface area contributed by atoms with Crippen molar-refractivity contribution in [1.29, 1.82) is 0 Å². The van der Waals surface area contributed by atoms with E-state index in [9.17, 15) is 4.79 Å². The summed E-state index contributed by atoms with van der Waals surface area (Å²) in [7, 11) is 0. The normalized spacial score (nSPS) is 40.4. The average molecular weight is 190 g/mol. The zero-order chi connectivity index (χ0) is 9.60. The van der Waals surface area contributed by atoms with Gasteiger partial charge in [0.05, 0.1) is 12.2 Å². The maximum Gasteiger partial charge on any atom is 0.156 e. The Bertz CT molecular complexity index is 340. The third-order valence-electron chi connectivity index (χ3n) is 3.55. The molecule has 1 saturated heterocycles. The van der Waals surface area contributed by atoms with E-state index in [4.69, 9.17) is 4.74 Å². The monoisotopic (exact) mass is 190 g/mol. The molecule has 3 rings (SSSR count). The van der Waals surface area contributed by atoms with Crippen molar-refractivity contribution in [3.63, 3.8) is 0 Å². The maximum absolute atomic E-state index is 11.3. The van der Waals surface area contributed by atoms with Crippen molar-refractivity contribution in [3.8, 4) is 0 Å². The van der Waals surface area contributed by atoms with Crippen LogP contribution in [0.25, 0.3) is 0 Å². The summed E-state index contributed by atoms with van der Waals surface area (Å²) in [6.07, 6.45) is 10.1. The molecule has 74 valence electrons. The number of rotatable bonds is 0. The van der Waals surface area contributed by atoms with Crippen molar-refractivity contribution in [2.24, 2.45) is 5.92 Å². The van der Waals surface area contributed by atoms with Gasteiger partial charge in [0.25, 0.3) is 0 Å². The Labute approximate surface area is 83.6 Å². The first-order chi connectivity index (χ1) is 6.77. The fourth-order valence-electron chi connectivity index (χ4n) is 2.76. The van der Waals surface area contributed by atoms with E-state index >= 15 is 0 Å². The first kappa shape index (κ1) is 8.42. The summed E-state index contributed by atoms with van der Waals surface area (Å²) in [5, 5.41) is 0. The number of carbonyl (C=O) groups excluding carboxylic acids is 1. The van der Waals surface area contributed by atoms with Crippen LogP contribution >= 0.6 is 0 Å². The van der Waals surface area contributed by atoms with E-state index < -0.39 is 0 Å². The summed E-state index contributed by atoms with van der Waals surface area (Å²) < 4.78 is 5.91. The van der Waals surface area contributed by atoms with Crippen molar-refractivity contribution in [3.05, 3.63) is 23.8 Å². The molecular formula is C12H14O2. The van der Waals surface area contributed by atoms with Gasteiger partial charge < -0.3 is 4.74 Å². The third-order valence-corrected chi connectivity index (χ3v) is 3.55. The van der Waals surface area contributed by atoms with E-state index in [1.54, 1.807) is 0 Å². The molecule has 2 nitrogen and oxygen atoms in total. The Morgan fingerprint density at radius 3 is 3.21 bits per heavy atom. The topological polar surface area (TPSA) is 26.3 Å². The molecule has 0 amide bonds. The van der Waals surface area contributed by atoms with Gasteiger partial charge in [-0.25, -0.2) is 0 Å². The van der Waals surface area contributed by atoms with E-state index in [0.717, 1.165) is 25.9 Å². The Morgan fingerprint density at radius 1 is 1.50 bits per heavy atom. The van der Waals surface area contributed by atoms with E-state index in [2.05, 4.69) is 12.2 Å².